The molecule has 1 saturated heterocycles. The van der Waals surface area contributed by atoms with E-state index in [9.17, 15) is 22.8 Å². The Labute approximate surface area is 106 Å². The molecule has 2 rings (SSSR count). The summed E-state index contributed by atoms with van der Waals surface area (Å²) in [5, 5.41) is 2.39. The summed E-state index contributed by atoms with van der Waals surface area (Å²) in [6.45, 7) is 1.31. The Hall–Kier alpha value is -2.12. The second-order valence-corrected chi connectivity index (χ2v) is 4.06. The molecule has 0 bridgehead atoms. The lowest BCUT2D eigenvalue weighted by Crippen LogP contribution is -2.57. The second-order valence-electron chi connectivity index (χ2n) is 4.06. The van der Waals surface area contributed by atoms with Gasteiger partial charge in [0.15, 0.2) is 0 Å². The van der Waals surface area contributed by atoms with Crippen molar-refractivity contribution < 1.29 is 22.8 Å². The molecular weight excluding hydrogens is 263 g/mol. The van der Waals surface area contributed by atoms with Gasteiger partial charge in [-0.25, -0.2) is 4.98 Å². The number of hydrogen-bond donors (Lipinski definition) is 1. The van der Waals surface area contributed by atoms with E-state index in [1.807, 2.05) is 0 Å². The third kappa shape index (κ3) is 2.51. The molecule has 1 aromatic heterocycles. The van der Waals surface area contributed by atoms with Gasteiger partial charge in [-0.15, -0.1) is 0 Å². The number of nitrogens with zero attached hydrogens (tertiary/aromatic N) is 2. The number of amides is 2. The SMILES string of the molecule is CC1C(=O)NCC(=O)N1c1ccc(C(F)(F)F)nc1. The summed E-state index contributed by atoms with van der Waals surface area (Å²) in [5.41, 5.74) is -0.877. The number of carbonyl (C=O) groups excluding carboxylic acids is 2. The third-order valence-corrected chi connectivity index (χ3v) is 2.77. The smallest absolute Gasteiger partial charge is 0.345 e. The predicted octanol–water partition coefficient (Wildman–Crippen LogP) is 0.952. The fourth-order valence-electron chi connectivity index (χ4n) is 1.79. The van der Waals surface area contributed by atoms with E-state index in [1.165, 1.54) is 6.92 Å². The van der Waals surface area contributed by atoms with Crippen LogP contribution in [0.1, 0.15) is 12.6 Å². The Balaban J connectivity index is 2.31. The van der Waals surface area contributed by atoms with E-state index < -0.39 is 23.8 Å². The summed E-state index contributed by atoms with van der Waals surface area (Å²) < 4.78 is 37.1. The van der Waals surface area contributed by atoms with Gasteiger partial charge in [-0.05, 0) is 19.1 Å². The lowest BCUT2D eigenvalue weighted by molar-refractivity contribution is -0.141. The zero-order valence-electron chi connectivity index (χ0n) is 9.86. The number of alkyl halides is 3. The Kier molecular flexibility index (Phi) is 3.17. The van der Waals surface area contributed by atoms with Gasteiger partial charge in [-0.3, -0.25) is 14.5 Å². The summed E-state index contributed by atoms with van der Waals surface area (Å²) >= 11 is 0. The first-order valence-electron chi connectivity index (χ1n) is 5.43. The normalized spacial score (nSPS) is 20.4. The van der Waals surface area contributed by atoms with Gasteiger partial charge in [0.1, 0.15) is 11.7 Å². The third-order valence-electron chi connectivity index (χ3n) is 2.77. The van der Waals surface area contributed by atoms with Crippen LogP contribution in [0.2, 0.25) is 0 Å². The van der Waals surface area contributed by atoms with Crippen molar-refractivity contribution in [2.24, 2.45) is 0 Å². The van der Waals surface area contributed by atoms with Crippen LogP contribution in [0.4, 0.5) is 18.9 Å². The average molecular weight is 273 g/mol. The van der Waals surface area contributed by atoms with Gasteiger partial charge in [0, 0.05) is 0 Å². The highest BCUT2D eigenvalue weighted by atomic mass is 19.4. The highest BCUT2D eigenvalue weighted by Gasteiger charge is 2.35. The Morgan fingerprint density at radius 2 is 2.05 bits per heavy atom. The fraction of sp³-hybridized carbons (Fsp3) is 0.364. The number of piperazine rings is 1. The summed E-state index contributed by atoms with van der Waals surface area (Å²) in [6, 6.07) is 1.13. The minimum Gasteiger partial charge on any atom is -0.345 e. The highest BCUT2D eigenvalue weighted by Crippen LogP contribution is 2.29. The number of nitrogens with one attached hydrogen (secondary N) is 1. The molecule has 8 heteroatoms. The topological polar surface area (TPSA) is 62.3 Å². The van der Waals surface area contributed by atoms with E-state index in [0.29, 0.717) is 0 Å². The number of rotatable bonds is 1. The molecule has 1 fully saturated rings. The van der Waals surface area contributed by atoms with Crippen LogP contribution in [-0.4, -0.2) is 29.4 Å². The Morgan fingerprint density at radius 1 is 1.37 bits per heavy atom. The quantitative estimate of drug-likeness (QED) is 0.828. The fourth-order valence-corrected chi connectivity index (χ4v) is 1.79. The highest BCUT2D eigenvalue weighted by molar-refractivity contribution is 6.06. The minimum atomic E-state index is -4.53. The first-order chi connectivity index (χ1) is 8.80. The maximum absolute atomic E-state index is 12.4. The van der Waals surface area contributed by atoms with Crippen LogP contribution in [0, 0.1) is 0 Å². The van der Waals surface area contributed by atoms with E-state index >= 15 is 0 Å². The lowest BCUT2D eigenvalue weighted by atomic mass is 10.1. The monoisotopic (exact) mass is 273 g/mol. The molecule has 1 aliphatic heterocycles. The molecule has 0 aromatic carbocycles. The molecular formula is C11H10F3N3O2. The van der Waals surface area contributed by atoms with Gasteiger partial charge >= 0.3 is 6.18 Å². The van der Waals surface area contributed by atoms with Crippen LogP contribution in [0.5, 0.6) is 0 Å². The number of carbonyl (C=O) groups is 2. The second kappa shape index (κ2) is 4.52. The van der Waals surface area contributed by atoms with Crippen molar-refractivity contribution in [3.63, 3.8) is 0 Å². The predicted molar refractivity (Wildman–Crippen MR) is 59.2 cm³/mol. The summed E-state index contributed by atoms with van der Waals surface area (Å²) in [5.74, 6) is -0.756. The molecule has 2 heterocycles. The van der Waals surface area contributed by atoms with E-state index in [0.717, 1.165) is 23.2 Å². The molecule has 19 heavy (non-hydrogen) atoms. The van der Waals surface area contributed by atoms with Crippen molar-refractivity contribution in [2.75, 3.05) is 11.4 Å². The van der Waals surface area contributed by atoms with Crippen LogP contribution in [0.3, 0.4) is 0 Å². The molecule has 102 valence electrons. The van der Waals surface area contributed by atoms with Crippen LogP contribution in [0.15, 0.2) is 18.3 Å². The van der Waals surface area contributed by atoms with Crippen molar-refractivity contribution in [1.29, 1.82) is 0 Å². The molecule has 1 unspecified atom stereocenters. The zero-order valence-corrected chi connectivity index (χ0v) is 9.86. The molecule has 0 saturated carbocycles. The standard InChI is InChI=1S/C11H10F3N3O2/c1-6-10(19)16-5-9(18)17(6)7-2-3-8(15-4-7)11(12,13)14/h2-4,6H,5H2,1H3,(H,16,19). The first-order valence-corrected chi connectivity index (χ1v) is 5.43. The van der Waals surface area contributed by atoms with Crippen LogP contribution in [-0.2, 0) is 15.8 Å². The average Bonchev–Trinajstić information content (AvgIpc) is 2.34. The van der Waals surface area contributed by atoms with Crippen molar-refractivity contribution >= 4 is 17.5 Å². The first kappa shape index (κ1) is 13.3. The molecule has 1 aromatic rings. The number of halogens is 3. The number of aromatic nitrogens is 1. The zero-order chi connectivity index (χ0) is 14.2. The van der Waals surface area contributed by atoms with Gasteiger partial charge in [0.2, 0.25) is 11.8 Å². The molecule has 0 spiro atoms. The number of hydrogen-bond acceptors (Lipinski definition) is 3. The van der Waals surface area contributed by atoms with E-state index in [1.54, 1.807) is 0 Å². The minimum absolute atomic E-state index is 0.167. The Morgan fingerprint density at radius 3 is 2.58 bits per heavy atom. The molecule has 0 aliphatic carbocycles. The molecule has 1 N–H and O–H groups in total. The van der Waals surface area contributed by atoms with Crippen LogP contribution >= 0.6 is 0 Å². The Bertz CT molecular complexity index is 513. The molecule has 0 radical (unpaired) electrons. The van der Waals surface area contributed by atoms with Crippen LogP contribution in [0.25, 0.3) is 0 Å². The van der Waals surface area contributed by atoms with Gasteiger partial charge in [0.25, 0.3) is 0 Å². The van der Waals surface area contributed by atoms with Crippen molar-refractivity contribution in [1.82, 2.24) is 10.3 Å². The van der Waals surface area contributed by atoms with Crippen molar-refractivity contribution in [3.05, 3.63) is 24.0 Å². The molecule has 1 atom stereocenters. The van der Waals surface area contributed by atoms with Gasteiger partial charge < -0.3 is 5.32 Å². The lowest BCUT2D eigenvalue weighted by Gasteiger charge is -2.32. The maximum atomic E-state index is 12.4. The summed E-state index contributed by atoms with van der Waals surface area (Å²) in [4.78, 5) is 27.5. The van der Waals surface area contributed by atoms with Crippen molar-refractivity contribution in [3.8, 4) is 0 Å². The van der Waals surface area contributed by atoms with Crippen molar-refractivity contribution in [2.45, 2.75) is 19.1 Å². The van der Waals surface area contributed by atoms with Gasteiger partial charge in [-0.1, -0.05) is 0 Å². The van der Waals surface area contributed by atoms with E-state index in [2.05, 4.69) is 10.3 Å². The number of pyridine rings is 1. The summed E-state index contributed by atoms with van der Waals surface area (Å²) in [6.07, 6.45) is -3.59. The van der Waals surface area contributed by atoms with E-state index in [-0.39, 0.29) is 18.1 Å². The molecule has 5 nitrogen and oxygen atoms in total. The van der Waals surface area contributed by atoms with Gasteiger partial charge in [0.05, 0.1) is 18.4 Å². The molecule has 2 amide bonds. The van der Waals surface area contributed by atoms with Gasteiger partial charge in [-0.2, -0.15) is 13.2 Å². The number of anilines is 1. The largest absolute Gasteiger partial charge is 0.433 e. The summed E-state index contributed by atoms with van der Waals surface area (Å²) in [7, 11) is 0. The molecule has 1 aliphatic rings. The van der Waals surface area contributed by atoms with Crippen LogP contribution < -0.4 is 10.2 Å². The maximum Gasteiger partial charge on any atom is 0.433 e. The van der Waals surface area contributed by atoms with E-state index in [4.69, 9.17) is 0 Å².